The zero-order valence-corrected chi connectivity index (χ0v) is 31.6. The number of rotatable bonds is 11. The normalized spacial score (nSPS) is 21.0. The van der Waals surface area contributed by atoms with E-state index in [2.05, 4.69) is 75.6 Å². The Kier molecular flexibility index (Phi) is 9.82. The van der Waals surface area contributed by atoms with Crippen molar-refractivity contribution in [1.29, 1.82) is 0 Å². The average Bonchev–Trinajstić information content (AvgIpc) is 3.82. The highest BCUT2D eigenvalue weighted by Crippen LogP contribution is 2.58. The van der Waals surface area contributed by atoms with Gasteiger partial charge in [0.05, 0.1) is 56.1 Å². The number of alkyl carbamates (subject to hydrolysis) is 1. The molecule has 8 rings (SSSR count). The van der Waals surface area contributed by atoms with Crippen LogP contribution >= 0.6 is 0 Å². The van der Waals surface area contributed by atoms with Gasteiger partial charge in [-0.05, 0) is 73.1 Å². The summed E-state index contributed by atoms with van der Waals surface area (Å²) in [5.41, 5.74) is 9.79. The lowest BCUT2D eigenvalue weighted by Crippen LogP contribution is -2.54. The van der Waals surface area contributed by atoms with Gasteiger partial charge in [0, 0.05) is 43.4 Å². The Morgan fingerprint density at radius 1 is 0.944 bits per heavy atom. The standard InChI is InChI=1S/C42H50N6O6/c1-5-7-35(49)48-24-42(17-18-42)20-34(48)39-43-21-32(44-39)28-13-9-26(10-14-28)27-11-15-29(16-12-27)37-30-22-54-23-31(30)38(45-37)33-8-6-19-47(33)40(50)36(25(2)52-3)46-41(51)53-4/h9-16,21,25,33-34,36,45H,5-8,17-20,22-24H2,1-4H3,(H,43,44)(H,46,51)/t25-,33+,34+,36+/m1/s1. The number of nitrogens with one attached hydrogen (secondary N) is 3. The monoisotopic (exact) mass is 734 g/mol. The minimum absolute atomic E-state index is 0.0219. The Balaban J connectivity index is 0.984. The zero-order valence-electron chi connectivity index (χ0n) is 31.6. The molecule has 3 N–H and O–H groups in total. The molecule has 284 valence electrons. The number of nitrogens with zero attached hydrogens (tertiary/aromatic N) is 3. The van der Waals surface area contributed by atoms with E-state index in [-0.39, 0.29) is 23.9 Å². The number of hydrogen-bond donors (Lipinski definition) is 3. The minimum atomic E-state index is -0.875. The third-order valence-corrected chi connectivity index (χ3v) is 12.0. The van der Waals surface area contributed by atoms with E-state index in [0.29, 0.717) is 31.6 Å². The van der Waals surface area contributed by atoms with Crippen LogP contribution in [0.5, 0.6) is 0 Å². The van der Waals surface area contributed by atoms with Gasteiger partial charge in [0.25, 0.3) is 0 Å². The second-order valence-electron chi connectivity index (χ2n) is 15.4. The van der Waals surface area contributed by atoms with Gasteiger partial charge in [-0.1, -0.05) is 55.5 Å². The fraction of sp³-hybridized carbons (Fsp3) is 0.476. The van der Waals surface area contributed by atoms with Gasteiger partial charge < -0.3 is 39.3 Å². The van der Waals surface area contributed by atoms with Gasteiger partial charge in [-0.3, -0.25) is 9.59 Å². The number of hydrogen-bond acceptors (Lipinski definition) is 7. The summed E-state index contributed by atoms with van der Waals surface area (Å²) in [7, 11) is 2.80. The van der Waals surface area contributed by atoms with Crippen molar-refractivity contribution in [1.82, 2.24) is 30.1 Å². The Bertz CT molecular complexity index is 2010. The molecule has 2 aromatic carbocycles. The number of fused-ring (bicyclic) bond motifs is 1. The molecule has 4 atom stereocenters. The Morgan fingerprint density at radius 2 is 1.63 bits per heavy atom. The van der Waals surface area contributed by atoms with E-state index in [4.69, 9.17) is 19.2 Å². The molecule has 1 saturated carbocycles. The van der Waals surface area contributed by atoms with Crippen LogP contribution in [0.15, 0.2) is 54.7 Å². The van der Waals surface area contributed by atoms with Crippen molar-refractivity contribution in [2.24, 2.45) is 5.41 Å². The molecule has 3 fully saturated rings. The van der Waals surface area contributed by atoms with Crippen molar-refractivity contribution in [2.75, 3.05) is 27.3 Å². The predicted octanol–water partition coefficient (Wildman–Crippen LogP) is 7.05. The highest BCUT2D eigenvalue weighted by molar-refractivity contribution is 5.87. The number of carbonyl (C=O) groups excluding carboxylic acids is 3. The van der Waals surface area contributed by atoms with Crippen LogP contribution in [0, 0.1) is 5.41 Å². The van der Waals surface area contributed by atoms with Crippen molar-refractivity contribution in [3.05, 3.63) is 77.4 Å². The first-order valence-electron chi connectivity index (χ1n) is 19.3. The summed E-state index contributed by atoms with van der Waals surface area (Å²) < 4.78 is 16.2. The first kappa shape index (κ1) is 36.1. The molecule has 12 nitrogen and oxygen atoms in total. The minimum Gasteiger partial charge on any atom is -0.453 e. The van der Waals surface area contributed by atoms with E-state index in [9.17, 15) is 14.4 Å². The number of ether oxygens (including phenoxy) is 3. The largest absolute Gasteiger partial charge is 0.453 e. The highest BCUT2D eigenvalue weighted by atomic mass is 16.5. The van der Waals surface area contributed by atoms with Crippen LogP contribution in [0.4, 0.5) is 4.79 Å². The molecular formula is C42H50N6O6. The van der Waals surface area contributed by atoms with Crippen molar-refractivity contribution in [3.8, 4) is 33.6 Å². The molecule has 1 spiro atoms. The van der Waals surface area contributed by atoms with Crippen molar-refractivity contribution >= 4 is 17.9 Å². The molecule has 12 heteroatoms. The van der Waals surface area contributed by atoms with E-state index >= 15 is 0 Å². The van der Waals surface area contributed by atoms with Gasteiger partial charge in [-0.15, -0.1) is 0 Å². The number of amides is 3. The van der Waals surface area contributed by atoms with Gasteiger partial charge in [0.1, 0.15) is 11.9 Å². The first-order valence-corrected chi connectivity index (χ1v) is 19.3. The van der Waals surface area contributed by atoms with Crippen LogP contribution in [-0.4, -0.2) is 82.1 Å². The van der Waals surface area contributed by atoms with E-state index < -0.39 is 18.2 Å². The van der Waals surface area contributed by atoms with Crippen LogP contribution in [0.1, 0.15) is 93.5 Å². The van der Waals surface area contributed by atoms with Crippen molar-refractivity contribution < 1.29 is 28.6 Å². The van der Waals surface area contributed by atoms with Gasteiger partial charge in [0.2, 0.25) is 11.8 Å². The molecule has 2 saturated heterocycles. The average molecular weight is 735 g/mol. The fourth-order valence-corrected chi connectivity index (χ4v) is 8.70. The van der Waals surface area contributed by atoms with E-state index in [1.165, 1.54) is 27.1 Å². The van der Waals surface area contributed by atoms with Gasteiger partial charge in [0.15, 0.2) is 0 Å². The van der Waals surface area contributed by atoms with Crippen LogP contribution in [0.25, 0.3) is 33.6 Å². The topological polar surface area (TPSA) is 142 Å². The SMILES string of the molecule is CCCC(=O)N1CC2(CC2)C[C@H]1c1ncc(-c2ccc(-c3ccc(-c4[nH]c([C@@H]5CCCN5C(=O)[C@@H](NC(=O)OC)[C@@H](C)OC)c5c4COC5)cc3)cc2)[nH]1. The molecular weight excluding hydrogens is 684 g/mol. The number of H-pyrrole nitrogens is 2. The molecule has 0 bridgehead atoms. The maximum absolute atomic E-state index is 13.9. The number of methoxy groups -OCH3 is 2. The molecule has 3 aliphatic heterocycles. The summed E-state index contributed by atoms with van der Waals surface area (Å²) >= 11 is 0. The fourth-order valence-electron chi connectivity index (χ4n) is 8.70. The smallest absolute Gasteiger partial charge is 0.407 e. The number of imidazole rings is 1. The Hall–Kier alpha value is -4.94. The molecule has 5 heterocycles. The number of benzene rings is 2. The van der Waals surface area contributed by atoms with Gasteiger partial charge in [-0.25, -0.2) is 9.78 Å². The summed E-state index contributed by atoms with van der Waals surface area (Å²) in [4.78, 5) is 54.9. The van der Waals surface area contributed by atoms with Crippen molar-refractivity contribution in [2.45, 2.75) is 96.2 Å². The molecule has 4 aliphatic rings. The predicted molar refractivity (Wildman–Crippen MR) is 203 cm³/mol. The van der Waals surface area contributed by atoms with Crippen LogP contribution in [-0.2, 0) is 37.0 Å². The molecule has 4 aromatic rings. The molecule has 54 heavy (non-hydrogen) atoms. The second kappa shape index (κ2) is 14.7. The molecule has 0 unspecified atom stereocenters. The molecule has 2 aromatic heterocycles. The van der Waals surface area contributed by atoms with E-state index in [1.54, 1.807) is 6.92 Å². The quantitative estimate of drug-likeness (QED) is 0.150. The molecule has 1 aliphatic carbocycles. The summed E-state index contributed by atoms with van der Waals surface area (Å²) in [6.07, 6.45) is 7.18. The summed E-state index contributed by atoms with van der Waals surface area (Å²) in [6.45, 7) is 6.25. The number of carbonyl (C=O) groups is 3. The lowest BCUT2D eigenvalue weighted by Gasteiger charge is -2.31. The number of likely N-dealkylation sites (tertiary alicyclic amines) is 2. The second-order valence-corrected chi connectivity index (χ2v) is 15.4. The maximum atomic E-state index is 13.9. The van der Waals surface area contributed by atoms with Gasteiger partial charge >= 0.3 is 6.09 Å². The number of aromatic nitrogens is 3. The van der Waals surface area contributed by atoms with Crippen LogP contribution < -0.4 is 5.32 Å². The Labute approximate surface area is 316 Å². The maximum Gasteiger partial charge on any atom is 0.407 e. The van der Waals surface area contributed by atoms with E-state index in [1.807, 2.05) is 11.1 Å². The van der Waals surface area contributed by atoms with E-state index in [0.717, 1.165) is 88.5 Å². The van der Waals surface area contributed by atoms with Crippen LogP contribution in [0.3, 0.4) is 0 Å². The Morgan fingerprint density at radius 3 is 2.30 bits per heavy atom. The molecule has 3 amide bonds. The third-order valence-electron chi connectivity index (χ3n) is 12.0. The van der Waals surface area contributed by atoms with Crippen molar-refractivity contribution in [3.63, 3.8) is 0 Å². The first-order chi connectivity index (χ1) is 26.2. The number of aromatic amines is 2. The lowest BCUT2D eigenvalue weighted by molar-refractivity contribution is -0.137. The third kappa shape index (κ3) is 6.70. The lowest BCUT2D eigenvalue weighted by atomic mass is 9.99. The zero-order chi connectivity index (χ0) is 37.6. The highest BCUT2D eigenvalue weighted by Gasteiger charge is 2.54. The summed E-state index contributed by atoms with van der Waals surface area (Å²) in [5, 5.41) is 2.67. The van der Waals surface area contributed by atoms with Crippen LogP contribution in [0.2, 0.25) is 0 Å². The molecule has 0 radical (unpaired) electrons. The summed E-state index contributed by atoms with van der Waals surface area (Å²) in [5.74, 6) is 0.920. The summed E-state index contributed by atoms with van der Waals surface area (Å²) in [6, 6.07) is 16.0. The van der Waals surface area contributed by atoms with Gasteiger partial charge in [-0.2, -0.15) is 0 Å².